The Morgan fingerprint density at radius 1 is 1.21 bits per heavy atom. The molecule has 1 aliphatic rings. The summed E-state index contributed by atoms with van der Waals surface area (Å²) < 4.78 is 6.63. The highest BCUT2D eigenvalue weighted by molar-refractivity contribution is 6.32. The number of non-ortho nitro benzene ring substituents is 1. The highest BCUT2D eigenvalue weighted by Gasteiger charge is 2.32. The summed E-state index contributed by atoms with van der Waals surface area (Å²) in [5.74, 6) is -0.954. The molecule has 0 N–H and O–H groups in total. The fraction of sp³-hybridized carbons (Fsp3) is 0.292. The van der Waals surface area contributed by atoms with Crippen molar-refractivity contribution in [2.24, 2.45) is 5.92 Å². The summed E-state index contributed by atoms with van der Waals surface area (Å²) in [4.78, 5) is 38.0. The van der Waals surface area contributed by atoms with Crippen LogP contribution in [0.5, 0.6) is 0 Å². The average molecular weight is 483 g/mol. The van der Waals surface area contributed by atoms with Crippen LogP contribution in [-0.2, 0) is 9.53 Å². The van der Waals surface area contributed by atoms with Gasteiger partial charge in [0.25, 0.3) is 11.6 Å². The predicted octanol–water partition coefficient (Wildman–Crippen LogP) is 4.52. The maximum atomic E-state index is 13.6. The Bertz CT molecular complexity index is 1220. The maximum absolute atomic E-state index is 13.6. The fourth-order valence-electron chi connectivity index (χ4n) is 4.01. The van der Waals surface area contributed by atoms with Crippen LogP contribution in [0.2, 0.25) is 5.02 Å². The number of amides is 1. The molecule has 1 atom stereocenters. The lowest BCUT2D eigenvalue weighted by molar-refractivity contribution is -0.384. The van der Waals surface area contributed by atoms with E-state index in [-0.39, 0.29) is 35.7 Å². The molecule has 3 aromatic rings. The molecule has 1 aromatic heterocycles. The molecule has 1 fully saturated rings. The zero-order valence-corrected chi connectivity index (χ0v) is 19.3. The molecule has 2 aromatic carbocycles. The van der Waals surface area contributed by atoms with Crippen molar-refractivity contribution in [1.29, 1.82) is 0 Å². The van der Waals surface area contributed by atoms with E-state index in [1.165, 1.54) is 16.8 Å². The molecule has 1 amide bonds. The van der Waals surface area contributed by atoms with Crippen LogP contribution in [0.15, 0.2) is 54.6 Å². The summed E-state index contributed by atoms with van der Waals surface area (Å²) in [5.41, 5.74) is 1.86. The van der Waals surface area contributed by atoms with Gasteiger partial charge in [-0.1, -0.05) is 23.7 Å². The van der Waals surface area contributed by atoms with Gasteiger partial charge in [0.05, 0.1) is 33.9 Å². The Labute approximate surface area is 201 Å². The number of likely N-dealkylation sites (tertiary alicyclic amines) is 1. The van der Waals surface area contributed by atoms with E-state index in [0.29, 0.717) is 48.0 Å². The number of nitrogens with zero attached hydrogens (tertiary/aromatic N) is 4. The van der Waals surface area contributed by atoms with Gasteiger partial charge in [-0.05, 0) is 50.1 Å². The fourth-order valence-corrected chi connectivity index (χ4v) is 4.23. The Morgan fingerprint density at radius 3 is 2.62 bits per heavy atom. The van der Waals surface area contributed by atoms with Crippen LogP contribution in [0.25, 0.3) is 16.9 Å². The number of ether oxygens (including phenoxy) is 1. The van der Waals surface area contributed by atoms with E-state index in [4.69, 9.17) is 16.3 Å². The highest BCUT2D eigenvalue weighted by Crippen LogP contribution is 2.28. The van der Waals surface area contributed by atoms with Gasteiger partial charge in [0.1, 0.15) is 5.69 Å². The number of rotatable bonds is 6. The van der Waals surface area contributed by atoms with E-state index in [9.17, 15) is 19.7 Å². The third kappa shape index (κ3) is 4.79. The highest BCUT2D eigenvalue weighted by atomic mass is 35.5. The van der Waals surface area contributed by atoms with Crippen LogP contribution >= 0.6 is 11.6 Å². The first-order valence-corrected chi connectivity index (χ1v) is 11.3. The first-order chi connectivity index (χ1) is 16.4. The normalized spacial score (nSPS) is 15.7. The topological polar surface area (TPSA) is 108 Å². The molecule has 2 heterocycles. The number of halogens is 1. The molecule has 1 aliphatic heterocycles. The first-order valence-electron chi connectivity index (χ1n) is 10.9. The summed E-state index contributed by atoms with van der Waals surface area (Å²) in [7, 11) is 0. The minimum atomic E-state index is -0.475. The lowest BCUT2D eigenvalue weighted by atomic mass is 9.98. The van der Waals surface area contributed by atoms with E-state index >= 15 is 0 Å². The second kappa shape index (κ2) is 10.0. The van der Waals surface area contributed by atoms with Crippen LogP contribution in [0.4, 0.5) is 5.69 Å². The van der Waals surface area contributed by atoms with E-state index in [1.54, 1.807) is 54.3 Å². The molecule has 0 radical (unpaired) electrons. The number of hydrogen-bond acceptors (Lipinski definition) is 6. The maximum Gasteiger partial charge on any atom is 0.310 e. The second-order valence-corrected chi connectivity index (χ2v) is 8.33. The predicted molar refractivity (Wildman–Crippen MR) is 126 cm³/mol. The Hall–Kier alpha value is -3.72. The number of carbonyl (C=O) groups is 2. The molecule has 1 unspecified atom stereocenters. The molecular weight excluding hydrogens is 460 g/mol. The second-order valence-electron chi connectivity index (χ2n) is 7.92. The molecule has 0 spiro atoms. The molecule has 0 saturated carbocycles. The number of benzene rings is 2. The standard InChI is InChI=1S/C24H23ClN4O5/c1-2-34-24(31)17-6-5-13-27(15-17)23(30)22-14-20(16-9-11-18(12-10-16)29(32)33)26-28(22)21-8-4-3-7-19(21)25/h3-4,7-12,14,17H,2,5-6,13,15H2,1H3. The van der Waals surface area contributed by atoms with Gasteiger partial charge in [-0.25, -0.2) is 4.68 Å². The summed E-state index contributed by atoms with van der Waals surface area (Å²) in [6.07, 6.45) is 1.35. The summed E-state index contributed by atoms with van der Waals surface area (Å²) in [6.45, 7) is 2.82. The average Bonchev–Trinajstić information content (AvgIpc) is 3.29. The van der Waals surface area contributed by atoms with Crippen molar-refractivity contribution in [2.45, 2.75) is 19.8 Å². The number of aromatic nitrogens is 2. The molecule has 10 heteroatoms. The van der Waals surface area contributed by atoms with Crippen LogP contribution in [0.1, 0.15) is 30.3 Å². The Morgan fingerprint density at radius 2 is 1.94 bits per heavy atom. The van der Waals surface area contributed by atoms with E-state index in [1.807, 2.05) is 0 Å². The molecular formula is C24H23ClN4O5. The number of piperidine rings is 1. The minimum absolute atomic E-state index is 0.0380. The largest absolute Gasteiger partial charge is 0.466 e. The molecule has 0 bridgehead atoms. The molecule has 0 aliphatic carbocycles. The monoisotopic (exact) mass is 482 g/mol. The quantitative estimate of drug-likeness (QED) is 0.290. The van der Waals surface area contributed by atoms with Crippen molar-refractivity contribution in [2.75, 3.05) is 19.7 Å². The van der Waals surface area contributed by atoms with Crippen molar-refractivity contribution >= 4 is 29.2 Å². The van der Waals surface area contributed by atoms with Gasteiger partial charge >= 0.3 is 5.97 Å². The van der Waals surface area contributed by atoms with Crippen LogP contribution in [0.3, 0.4) is 0 Å². The van der Waals surface area contributed by atoms with Gasteiger partial charge in [-0.2, -0.15) is 5.10 Å². The van der Waals surface area contributed by atoms with Gasteiger partial charge in [-0.3, -0.25) is 19.7 Å². The smallest absolute Gasteiger partial charge is 0.310 e. The van der Waals surface area contributed by atoms with Crippen molar-refractivity contribution in [1.82, 2.24) is 14.7 Å². The van der Waals surface area contributed by atoms with E-state index < -0.39 is 4.92 Å². The molecule has 34 heavy (non-hydrogen) atoms. The van der Waals surface area contributed by atoms with Crippen LogP contribution < -0.4 is 0 Å². The summed E-state index contributed by atoms with van der Waals surface area (Å²) in [6, 6.07) is 14.6. The van der Waals surface area contributed by atoms with Crippen molar-refractivity contribution < 1.29 is 19.2 Å². The number of nitro groups is 1. The molecule has 9 nitrogen and oxygen atoms in total. The lowest BCUT2D eigenvalue weighted by Crippen LogP contribution is -2.43. The number of para-hydroxylation sites is 1. The van der Waals surface area contributed by atoms with Gasteiger partial charge < -0.3 is 9.64 Å². The third-order valence-electron chi connectivity index (χ3n) is 5.71. The van der Waals surface area contributed by atoms with Crippen molar-refractivity contribution in [3.05, 3.63) is 75.4 Å². The number of hydrogen-bond donors (Lipinski definition) is 0. The van der Waals surface area contributed by atoms with Crippen LogP contribution in [0, 0.1) is 16.0 Å². The number of nitro benzene ring substituents is 1. The third-order valence-corrected chi connectivity index (χ3v) is 6.03. The molecule has 1 saturated heterocycles. The first kappa shape index (κ1) is 23.4. The minimum Gasteiger partial charge on any atom is -0.466 e. The van der Waals surface area contributed by atoms with Crippen molar-refractivity contribution in [3.63, 3.8) is 0 Å². The zero-order valence-electron chi connectivity index (χ0n) is 18.5. The van der Waals surface area contributed by atoms with E-state index in [0.717, 1.165) is 0 Å². The van der Waals surface area contributed by atoms with Gasteiger partial charge in [-0.15, -0.1) is 0 Å². The van der Waals surface area contributed by atoms with Gasteiger partial charge in [0.15, 0.2) is 0 Å². The Balaban J connectivity index is 1.72. The molecule has 176 valence electrons. The summed E-state index contributed by atoms with van der Waals surface area (Å²) >= 11 is 6.41. The van der Waals surface area contributed by atoms with Gasteiger partial charge in [0, 0.05) is 30.8 Å². The molecule has 4 rings (SSSR count). The van der Waals surface area contributed by atoms with Crippen LogP contribution in [-0.4, -0.2) is 51.2 Å². The lowest BCUT2D eigenvalue weighted by Gasteiger charge is -2.31. The van der Waals surface area contributed by atoms with E-state index in [2.05, 4.69) is 5.10 Å². The van der Waals surface area contributed by atoms with Crippen molar-refractivity contribution in [3.8, 4) is 16.9 Å². The zero-order chi connectivity index (χ0) is 24.2. The number of esters is 1. The summed E-state index contributed by atoms with van der Waals surface area (Å²) in [5, 5.41) is 16.0. The number of carbonyl (C=O) groups excluding carboxylic acids is 2. The SMILES string of the molecule is CCOC(=O)C1CCCN(C(=O)c2cc(-c3ccc([N+](=O)[O-])cc3)nn2-c2ccccc2Cl)C1. The van der Waals surface area contributed by atoms with Gasteiger partial charge in [0.2, 0.25) is 0 Å². The Kier molecular flexibility index (Phi) is 6.93.